The van der Waals surface area contributed by atoms with Gasteiger partial charge in [0.25, 0.3) is 5.56 Å². The number of aromatic nitrogens is 2. The normalized spacial score (nSPS) is 22.6. The van der Waals surface area contributed by atoms with Crippen LogP contribution in [-0.2, 0) is 20.7 Å². The van der Waals surface area contributed by atoms with Gasteiger partial charge in [-0.15, -0.1) is 0 Å². The SMILES string of the molecule is COC(=O)Cc1cc(=O)[nH]c(SCC(=O)N2CC[C@H]3CCCC[C@@H]3C2)n1. The molecule has 0 unspecified atom stereocenters. The number of likely N-dealkylation sites (tertiary alicyclic amines) is 1. The number of methoxy groups -OCH3 is 1. The van der Waals surface area contributed by atoms with Crippen LogP contribution < -0.4 is 5.56 Å². The summed E-state index contributed by atoms with van der Waals surface area (Å²) in [4.78, 5) is 44.4. The van der Waals surface area contributed by atoms with E-state index in [-0.39, 0.29) is 23.6 Å². The lowest BCUT2D eigenvalue weighted by molar-refractivity contribution is -0.139. The number of nitrogens with zero attached hydrogens (tertiary/aromatic N) is 2. The summed E-state index contributed by atoms with van der Waals surface area (Å²) in [5.74, 6) is 1.30. The predicted octanol–water partition coefficient (Wildman–Crippen LogP) is 1.62. The first-order valence-electron chi connectivity index (χ1n) is 9.13. The van der Waals surface area contributed by atoms with E-state index in [1.807, 2.05) is 4.90 Å². The van der Waals surface area contributed by atoms with Crippen molar-refractivity contribution in [3.8, 4) is 0 Å². The van der Waals surface area contributed by atoms with Crippen LogP contribution in [0.15, 0.2) is 16.0 Å². The van der Waals surface area contributed by atoms with Crippen molar-refractivity contribution in [3.05, 3.63) is 22.1 Å². The molecule has 0 radical (unpaired) electrons. The summed E-state index contributed by atoms with van der Waals surface area (Å²) in [5, 5.41) is 0.359. The van der Waals surface area contributed by atoms with Crippen molar-refractivity contribution in [2.24, 2.45) is 11.8 Å². The maximum Gasteiger partial charge on any atom is 0.311 e. The van der Waals surface area contributed by atoms with Gasteiger partial charge in [0.2, 0.25) is 5.91 Å². The highest BCUT2D eigenvalue weighted by atomic mass is 32.2. The molecule has 3 rings (SSSR count). The number of carbonyl (C=O) groups excluding carboxylic acids is 2. The Morgan fingerprint density at radius 1 is 1.31 bits per heavy atom. The second-order valence-electron chi connectivity index (χ2n) is 7.02. The van der Waals surface area contributed by atoms with Crippen molar-refractivity contribution in [1.29, 1.82) is 0 Å². The van der Waals surface area contributed by atoms with Gasteiger partial charge in [0.1, 0.15) is 0 Å². The minimum atomic E-state index is -0.453. The van der Waals surface area contributed by atoms with E-state index in [1.54, 1.807) is 0 Å². The summed E-state index contributed by atoms with van der Waals surface area (Å²) in [6, 6.07) is 1.27. The van der Waals surface area contributed by atoms with Gasteiger partial charge in [-0.1, -0.05) is 31.0 Å². The van der Waals surface area contributed by atoms with Crippen LogP contribution in [0.2, 0.25) is 0 Å². The van der Waals surface area contributed by atoms with E-state index >= 15 is 0 Å². The summed E-state index contributed by atoms with van der Waals surface area (Å²) in [6.07, 6.45) is 6.18. The first-order valence-corrected chi connectivity index (χ1v) is 10.1. The van der Waals surface area contributed by atoms with Crippen molar-refractivity contribution < 1.29 is 14.3 Å². The Hall–Kier alpha value is -1.83. The Morgan fingerprint density at radius 2 is 2.08 bits per heavy atom. The molecule has 2 atom stereocenters. The van der Waals surface area contributed by atoms with Crippen molar-refractivity contribution in [2.45, 2.75) is 43.7 Å². The Kier molecular flexibility index (Phi) is 6.34. The van der Waals surface area contributed by atoms with Crippen molar-refractivity contribution in [2.75, 3.05) is 26.0 Å². The molecular formula is C18H25N3O4S. The molecule has 0 spiro atoms. The van der Waals surface area contributed by atoms with Crippen LogP contribution >= 0.6 is 11.8 Å². The van der Waals surface area contributed by atoms with Crippen LogP contribution in [0.4, 0.5) is 0 Å². The molecule has 1 aromatic rings. The molecule has 2 aliphatic rings. The van der Waals surface area contributed by atoms with E-state index in [4.69, 9.17) is 0 Å². The number of esters is 1. The highest BCUT2D eigenvalue weighted by Gasteiger charge is 2.32. The Bertz CT molecular complexity index is 721. The van der Waals surface area contributed by atoms with E-state index in [2.05, 4.69) is 14.7 Å². The van der Waals surface area contributed by atoms with E-state index in [0.29, 0.717) is 16.8 Å². The van der Waals surface area contributed by atoms with E-state index in [9.17, 15) is 14.4 Å². The first-order chi connectivity index (χ1) is 12.5. The lowest BCUT2D eigenvalue weighted by atomic mass is 9.75. The fourth-order valence-electron chi connectivity index (χ4n) is 3.91. The molecule has 0 bridgehead atoms. The maximum atomic E-state index is 12.6. The molecule has 2 fully saturated rings. The van der Waals surface area contributed by atoms with E-state index in [1.165, 1.54) is 50.6 Å². The van der Waals surface area contributed by atoms with Gasteiger partial charge in [0.15, 0.2) is 5.16 Å². The molecule has 0 aromatic carbocycles. The average Bonchev–Trinajstić information content (AvgIpc) is 2.65. The molecule has 1 saturated heterocycles. The van der Waals surface area contributed by atoms with Crippen molar-refractivity contribution >= 4 is 23.6 Å². The standard InChI is InChI=1S/C18H25N3O4S/c1-25-17(24)9-14-8-15(22)20-18(19-14)26-11-16(23)21-7-6-12-4-2-3-5-13(12)10-21/h8,12-13H,2-7,9-11H2,1H3,(H,19,20,22)/t12-,13-/m1/s1. The second-order valence-corrected chi connectivity index (χ2v) is 7.98. The lowest BCUT2D eigenvalue weighted by Gasteiger charge is -2.41. The van der Waals surface area contributed by atoms with Gasteiger partial charge >= 0.3 is 5.97 Å². The number of thioether (sulfide) groups is 1. The number of hydrogen-bond donors (Lipinski definition) is 1. The summed E-state index contributed by atoms with van der Waals surface area (Å²) in [5.41, 5.74) is 0.00967. The fraction of sp³-hybridized carbons (Fsp3) is 0.667. The maximum absolute atomic E-state index is 12.6. The summed E-state index contributed by atoms with van der Waals surface area (Å²) < 4.78 is 4.60. The number of ether oxygens (including phenoxy) is 1. The van der Waals surface area contributed by atoms with Gasteiger partial charge in [0, 0.05) is 19.2 Å². The number of rotatable bonds is 5. The van der Waals surface area contributed by atoms with Gasteiger partial charge in [-0.05, 0) is 24.7 Å². The number of amides is 1. The molecule has 26 heavy (non-hydrogen) atoms. The lowest BCUT2D eigenvalue weighted by Crippen LogP contribution is -2.45. The first kappa shape index (κ1) is 18.9. The smallest absolute Gasteiger partial charge is 0.311 e. The number of aromatic amines is 1. The van der Waals surface area contributed by atoms with Gasteiger partial charge < -0.3 is 14.6 Å². The Labute approximate surface area is 156 Å². The van der Waals surface area contributed by atoms with Crippen LogP contribution in [0.25, 0.3) is 0 Å². The molecule has 1 aromatic heterocycles. The number of carbonyl (C=O) groups is 2. The predicted molar refractivity (Wildman–Crippen MR) is 97.9 cm³/mol. The summed E-state index contributed by atoms with van der Waals surface area (Å²) in [6.45, 7) is 1.68. The molecule has 1 saturated carbocycles. The third kappa shape index (κ3) is 4.87. The highest BCUT2D eigenvalue weighted by molar-refractivity contribution is 7.99. The number of nitrogens with one attached hydrogen (secondary N) is 1. The highest BCUT2D eigenvalue weighted by Crippen LogP contribution is 2.36. The number of H-pyrrole nitrogens is 1. The van der Waals surface area contributed by atoms with Crippen LogP contribution in [-0.4, -0.2) is 52.7 Å². The van der Waals surface area contributed by atoms with Crippen LogP contribution in [0, 0.1) is 11.8 Å². The van der Waals surface area contributed by atoms with Gasteiger partial charge in [-0.2, -0.15) is 0 Å². The topological polar surface area (TPSA) is 92.4 Å². The van der Waals surface area contributed by atoms with E-state index in [0.717, 1.165) is 25.4 Å². The largest absolute Gasteiger partial charge is 0.469 e. The molecule has 1 amide bonds. The van der Waals surface area contributed by atoms with Crippen LogP contribution in [0.1, 0.15) is 37.8 Å². The summed E-state index contributed by atoms with van der Waals surface area (Å²) >= 11 is 1.20. The van der Waals surface area contributed by atoms with E-state index < -0.39 is 5.97 Å². The number of piperidine rings is 1. The van der Waals surface area contributed by atoms with Crippen LogP contribution in [0.3, 0.4) is 0 Å². The average molecular weight is 379 g/mol. The quantitative estimate of drug-likeness (QED) is 0.475. The minimum Gasteiger partial charge on any atom is -0.469 e. The zero-order valence-electron chi connectivity index (χ0n) is 15.0. The fourth-order valence-corrected chi connectivity index (χ4v) is 4.71. The Balaban J connectivity index is 1.55. The van der Waals surface area contributed by atoms with Crippen molar-refractivity contribution in [1.82, 2.24) is 14.9 Å². The molecule has 7 nitrogen and oxygen atoms in total. The van der Waals surface area contributed by atoms with Gasteiger partial charge in [-0.25, -0.2) is 4.98 Å². The van der Waals surface area contributed by atoms with Crippen LogP contribution in [0.5, 0.6) is 0 Å². The van der Waals surface area contributed by atoms with Gasteiger partial charge in [-0.3, -0.25) is 14.4 Å². The Morgan fingerprint density at radius 3 is 2.85 bits per heavy atom. The summed E-state index contributed by atoms with van der Waals surface area (Å²) in [7, 11) is 1.29. The monoisotopic (exact) mass is 379 g/mol. The molecule has 1 aliphatic carbocycles. The molecule has 1 N–H and O–H groups in total. The number of hydrogen-bond acceptors (Lipinski definition) is 6. The minimum absolute atomic E-state index is 0.0584. The molecule has 1 aliphatic heterocycles. The molecule has 142 valence electrons. The third-order valence-electron chi connectivity index (χ3n) is 5.30. The third-order valence-corrected chi connectivity index (χ3v) is 6.16. The number of fused-ring (bicyclic) bond motifs is 1. The van der Waals surface area contributed by atoms with Crippen molar-refractivity contribution in [3.63, 3.8) is 0 Å². The molecular weight excluding hydrogens is 354 g/mol. The molecule has 2 heterocycles. The molecule has 8 heteroatoms. The zero-order valence-corrected chi connectivity index (χ0v) is 15.8. The zero-order chi connectivity index (χ0) is 18.5. The van der Waals surface area contributed by atoms with Gasteiger partial charge in [0.05, 0.1) is 25.0 Å². The second kappa shape index (κ2) is 8.70.